The first kappa shape index (κ1) is 18.8. The molecule has 2 aromatic carbocycles. The first-order valence-electron chi connectivity index (χ1n) is 10.8. The average molecular weight is 422 g/mol. The number of nitrogens with zero attached hydrogens (tertiary/aromatic N) is 4. The fourth-order valence-corrected chi connectivity index (χ4v) is 4.17. The van der Waals surface area contributed by atoms with Crippen molar-refractivity contribution in [2.45, 2.75) is 25.9 Å². The molecule has 0 bridgehead atoms. The fraction of sp³-hybridized carbons (Fsp3) is 0.192. The first-order chi connectivity index (χ1) is 15.7. The van der Waals surface area contributed by atoms with E-state index in [1.807, 2.05) is 41.1 Å². The number of pyridine rings is 1. The fourth-order valence-electron chi connectivity index (χ4n) is 4.17. The van der Waals surface area contributed by atoms with Crippen LogP contribution in [0.5, 0.6) is 11.5 Å². The number of aromatic nitrogens is 4. The van der Waals surface area contributed by atoms with Crippen LogP contribution >= 0.6 is 0 Å². The Morgan fingerprint density at radius 2 is 1.91 bits per heavy atom. The lowest BCUT2D eigenvalue weighted by Gasteiger charge is -2.27. The minimum absolute atomic E-state index is 0.0242. The van der Waals surface area contributed by atoms with E-state index >= 15 is 0 Å². The van der Waals surface area contributed by atoms with Crippen LogP contribution in [0, 0.1) is 6.92 Å². The van der Waals surface area contributed by atoms with Crippen molar-refractivity contribution in [2.75, 3.05) is 6.61 Å². The van der Waals surface area contributed by atoms with Crippen molar-refractivity contribution >= 4 is 16.7 Å². The Kier molecular flexibility index (Phi) is 4.49. The molecule has 1 unspecified atom stereocenters. The van der Waals surface area contributed by atoms with Crippen LogP contribution < -0.4 is 9.47 Å². The maximum absolute atomic E-state index is 6.23. The molecule has 0 aliphatic carbocycles. The highest BCUT2D eigenvalue weighted by Gasteiger charge is 2.22. The van der Waals surface area contributed by atoms with Gasteiger partial charge in [-0.15, -0.1) is 0 Å². The van der Waals surface area contributed by atoms with E-state index in [2.05, 4.69) is 47.4 Å². The second kappa shape index (κ2) is 7.64. The summed E-state index contributed by atoms with van der Waals surface area (Å²) < 4.78 is 14.3. The van der Waals surface area contributed by atoms with Gasteiger partial charge in [-0.1, -0.05) is 18.2 Å². The van der Waals surface area contributed by atoms with Crippen LogP contribution in [0.3, 0.4) is 0 Å². The average Bonchev–Trinajstić information content (AvgIpc) is 3.27. The molecule has 5 aromatic rings. The lowest BCUT2D eigenvalue weighted by molar-refractivity contribution is 0.0911. The van der Waals surface area contributed by atoms with E-state index < -0.39 is 0 Å². The molecule has 3 aromatic heterocycles. The molecule has 6 heteroatoms. The van der Waals surface area contributed by atoms with Gasteiger partial charge in [-0.25, -0.2) is 9.97 Å². The monoisotopic (exact) mass is 422 g/mol. The lowest BCUT2D eigenvalue weighted by Crippen LogP contribution is -2.31. The zero-order chi connectivity index (χ0) is 21.5. The Morgan fingerprint density at radius 3 is 2.88 bits per heavy atom. The van der Waals surface area contributed by atoms with Crippen LogP contribution in [0.25, 0.3) is 16.7 Å². The van der Waals surface area contributed by atoms with Gasteiger partial charge in [0, 0.05) is 37.6 Å². The summed E-state index contributed by atoms with van der Waals surface area (Å²) in [4.78, 5) is 13.6. The molecular formula is C26H22N4O2. The third-order valence-corrected chi connectivity index (χ3v) is 5.77. The Labute approximate surface area is 185 Å². The van der Waals surface area contributed by atoms with Crippen molar-refractivity contribution in [3.63, 3.8) is 0 Å². The van der Waals surface area contributed by atoms with Crippen molar-refractivity contribution in [1.82, 2.24) is 19.4 Å². The zero-order valence-electron chi connectivity index (χ0n) is 17.7. The first-order valence-corrected chi connectivity index (χ1v) is 10.8. The van der Waals surface area contributed by atoms with Gasteiger partial charge in [0.2, 0.25) is 0 Å². The van der Waals surface area contributed by atoms with Gasteiger partial charge in [0.25, 0.3) is 0 Å². The van der Waals surface area contributed by atoms with Crippen LogP contribution in [-0.4, -0.2) is 32.1 Å². The second-order valence-electron chi connectivity index (χ2n) is 8.30. The van der Waals surface area contributed by atoms with E-state index in [1.54, 1.807) is 6.20 Å². The summed E-state index contributed by atoms with van der Waals surface area (Å²) in [5, 5.41) is 0. The van der Waals surface area contributed by atoms with Crippen LogP contribution in [0.4, 0.5) is 0 Å². The van der Waals surface area contributed by atoms with Gasteiger partial charge in [-0.05, 0) is 53.9 Å². The predicted molar refractivity (Wildman–Crippen MR) is 122 cm³/mol. The maximum atomic E-state index is 6.23. The van der Waals surface area contributed by atoms with Crippen molar-refractivity contribution in [2.24, 2.45) is 0 Å². The number of rotatable bonds is 4. The third-order valence-electron chi connectivity index (χ3n) is 5.77. The van der Waals surface area contributed by atoms with Gasteiger partial charge < -0.3 is 13.9 Å². The molecule has 0 saturated heterocycles. The Hall–Kier alpha value is -3.93. The Bertz CT molecular complexity index is 1440. The summed E-state index contributed by atoms with van der Waals surface area (Å²) in [7, 11) is 0. The molecule has 0 N–H and O–H groups in total. The van der Waals surface area contributed by atoms with E-state index in [4.69, 9.17) is 14.5 Å². The highest BCUT2D eigenvalue weighted by atomic mass is 16.6. The highest BCUT2D eigenvalue weighted by Crippen LogP contribution is 2.34. The maximum Gasteiger partial charge on any atom is 0.161 e. The Balaban J connectivity index is 1.17. The summed E-state index contributed by atoms with van der Waals surface area (Å²) in [6.07, 6.45) is 9.15. The molecule has 0 spiro atoms. The Morgan fingerprint density at radius 1 is 0.969 bits per heavy atom. The lowest BCUT2D eigenvalue weighted by atomic mass is 10.1. The number of hydrogen-bond donors (Lipinski definition) is 0. The molecular weight excluding hydrogens is 400 g/mol. The van der Waals surface area contributed by atoms with Crippen molar-refractivity contribution < 1.29 is 9.47 Å². The molecule has 6 rings (SSSR count). The molecule has 4 heterocycles. The third kappa shape index (κ3) is 3.64. The van der Waals surface area contributed by atoms with Crippen LogP contribution in [0.2, 0.25) is 0 Å². The molecule has 0 amide bonds. The number of benzene rings is 2. The van der Waals surface area contributed by atoms with Gasteiger partial charge >= 0.3 is 0 Å². The summed E-state index contributed by atoms with van der Waals surface area (Å²) in [6, 6.07) is 16.4. The second-order valence-corrected chi connectivity index (χ2v) is 8.30. The number of aryl methyl sites for hydroxylation is 1. The molecule has 158 valence electrons. The molecule has 1 aliphatic heterocycles. The topological polar surface area (TPSA) is 61.5 Å². The molecule has 32 heavy (non-hydrogen) atoms. The summed E-state index contributed by atoms with van der Waals surface area (Å²) in [5.41, 5.74) is 7.22. The normalized spacial score (nSPS) is 15.3. The number of hydrogen-bond acceptors (Lipinski definition) is 5. The zero-order valence-corrected chi connectivity index (χ0v) is 17.7. The standard InChI is InChI=1S/C26H22N4O2/c1-17-2-5-22-23(10-17)29-20(14-28-22)11-18-3-6-24-25(13-18)31-16-21(32-24)12-19-4-7-26-27-8-9-30(26)15-19/h2-10,13-15,21H,11-12,16H2,1H3. The summed E-state index contributed by atoms with van der Waals surface area (Å²) in [6.45, 7) is 2.59. The van der Waals surface area contributed by atoms with Crippen molar-refractivity contribution in [3.8, 4) is 11.5 Å². The molecule has 6 nitrogen and oxygen atoms in total. The summed E-state index contributed by atoms with van der Waals surface area (Å²) in [5.74, 6) is 1.57. The molecule has 1 aliphatic rings. The van der Waals surface area contributed by atoms with E-state index in [9.17, 15) is 0 Å². The van der Waals surface area contributed by atoms with Crippen LogP contribution in [0.1, 0.15) is 22.4 Å². The van der Waals surface area contributed by atoms with Gasteiger partial charge in [-0.3, -0.25) is 4.98 Å². The van der Waals surface area contributed by atoms with E-state index in [0.29, 0.717) is 13.0 Å². The van der Waals surface area contributed by atoms with E-state index in [-0.39, 0.29) is 6.10 Å². The number of fused-ring (bicyclic) bond motifs is 3. The molecule has 1 atom stereocenters. The molecule has 0 saturated carbocycles. The largest absolute Gasteiger partial charge is 0.486 e. The predicted octanol–water partition coefficient (Wildman–Crippen LogP) is 4.56. The molecule has 0 fully saturated rings. The highest BCUT2D eigenvalue weighted by molar-refractivity contribution is 5.74. The van der Waals surface area contributed by atoms with Crippen LogP contribution in [-0.2, 0) is 12.8 Å². The summed E-state index contributed by atoms with van der Waals surface area (Å²) >= 11 is 0. The molecule has 0 radical (unpaired) electrons. The SMILES string of the molecule is Cc1ccc2ncc(Cc3ccc4c(c3)OCC(Cc3ccc5nccn5c3)O4)nc2c1. The number of imidazole rings is 1. The smallest absolute Gasteiger partial charge is 0.161 e. The minimum Gasteiger partial charge on any atom is -0.486 e. The van der Waals surface area contributed by atoms with Crippen LogP contribution in [0.15, 0.2) is 73.3 Å². The van der Waals surface area contributed by atoms with Gasteiger partial charge in [0.05, 0.1) is 16.7 Å². The quantitative estimate of drug-likeness (QED) is 0.425. The van der Waals surface area contributed by atoms with Gasteiger partial charge in [0.1, 0.15) is 18.4 Å². The minimum atomic E-state index is -0.0242. The van der Waals surface area contributed by atoms with Crippen molar-refractivity contribution in [3.05, 3.63) is 95.7 Å². The van der Waals surface area contributed by atoms with E-state index in [0.717, 1.165) is 45.9 Å². The van der Waals surface area contributed by atoms with Gasteiger partial charge in [0.15, 0.2) is 11.5 Å². The van der Waals surface area contributed by atoms with E-state index in [1.165, 1.54) is 11.1 Å². The van der Waals surface area contributed by atoms with Crippen molar-refractivity contribution in [1.29, 1.82) is 0 Å². The van der Waals surface area contributed by atoms with Gasteiger partial charge in [-0.2, -0.15) is 0 Å². The number of ether oxygens (including phenoxy) is 2.